The number of hydrogen-bond donors (Lipinski definition) is 1. The van der Waals surface area contributed by atoms with Crippen molar-refractivity contribution in [2.45, 2.75) is 12.8 Å². The highest BCUT2D eigenvalue weighted by Gasteiger charge is 2.28. The van der Waals surface area contributed by atoms with Crippen molar-refractivity contribution in [2.75, 3.05) is 63.3 Å². The fourth-order valence-corrected chi connectivity index (χ4v) is 5.21. The van der Waals surface area contributed by atoms with Crippen LogP contribution >= 0.6 is 0 Å². The van der Waals surface area contributed by atoms with Crippen molar-refractivity contribution in [3.8, 4) is 11.7 Å². The Morgan fingerprint density at radius 1 is 1.12 bits per heavy atom. The number of carbonyl (C=O) groups is 1. The Hall–Kier alpha value is -4.39. The lowest BCUT2D eigenvalue weighted by Gasteiger charge is -2.27. The molecule has 1 amide bonds. The molecular weight excluding hydrogens is 534 g/mol. The Labute approximate surface area is 235 Å². The summed E-state index contributed by atoms with van der Waals surface area (Å²) in [7, 11) is 1.53. The number of nitrogens with zero attached hydrogens (tertiary/aromatic N) is 7. The second-order valence-electron chi connectivity index (χ2n) is 9.98. The molecule has 1 N–H and O–H groups in total. The van der Waals surface area contributed by atoms with Crippen LogP contribution in [-0.4, -0.2) is 88.4 Å². The molecule has 0 radical (unpaired) electrons. The molecule has 2 fully saturated rings. The lowest BCUT2D eigenvalue weighted by molar-refractivity contribution is 0.0787. The molecule has 5 heterocycles. The van der Waals surface area contributed by atoms with Crippen molar-refractivity contribution in [3.63, 3.8) is 0 Å². The topological polar surface area (TPSA) is 111 Å². The first-order valence-electron chi connectivity index (χ1n) is 13.5. The van der Waals surface area contributed by atoms with Crippen LogP contribution in [0.5, 0.6) is 5.88 Å². The van der Waals surface area contributed by atoms with Gasteiger partial charge in [0.2, 0.25) is 11.8 Å². The van der Waals surface area contributed by atoms with Crippen LogP contribution in [0.1, 0.15) is 29.0 Å². The number of aromatic nitrogens is 5. The monoisotopic (exact) mass is 564 g/mol. The summed E-state index contributed by atoms with van der Waals surface area (Å²) in [6.07, 6.45) is -0.447. The Morgan fingerprint density at radius 3 is 2.71 bits per heavy atom. The van der Waals surface area contributed by atoms with Gasteiger partial charge in [0.15, 0.2) is 5.82 Å². The van der Waals surface area contributed by atoms with E-state index in [9.17, 15) is 13.6 Å². The molecule has 11 nitrogen and oxygen atoms in total. The van der Waals surface area contributed by atoms with Crippen molar-refractivity contribution in [3.05, 3.63) is 60.0 Å². The second kappa shape index (κ2) is 11.6. The van der Waals surface area contributed by atoms with Gasteiger partial charge in [0, 0.05) is 51.1 Å². The van der Waals surface area contributed by atoms with Crippen LogP contribution in [0.4, 0.5) is 20.5 Å². The minimum absolute atomic E-state index is 0.0758. The fourth-order valence-electron chi connectivity index (χ4n) is 5.21. The van der Waals surface area contributed by atoms with Crippen LogP contribution in [-0.2, 0) is 4.74 Å². The van der Waals surface area contributed by atoms with E-state index in [2.05, 4.69) is 15.3 Å². The number of morpholine rings is 1. The van der Waals surface area contributed by atoms with Gasteiger partial charge < -0.3 is 24.6 Å². The zero-order valence-corrected chi connectivity index (χ0v) is 22.5. The third kappa shape index (κ3) is 5.62. The maximum atomic E-state index is 14.1. The predicted molar refractivity (Wildman–Crippen MR) is 148 cm³/mol. The number of alkyl halides is 2. The summed E-state index contributed by atoms with van der Waals surface area (Å²) in [5.41, 5.74) is 1.52. The van der Waals surface area contributed by atoms with E-state index < -0.39 is 6.43 Å². The summed E-state index contributed by atoms with van der Waals surface area (Å²) in [5, 5.41) is 3.38. The van der Waals surface area contributed by atoms with Gasteiger partial charge in [0.25, 0.3) is 12.3 Å². The Kier molecular flexibility index (Phi) is 7.59. The number of amides is 1. The lowest BCUT2D eigenvalue weighted by Crippen LogP contribution is -2.37. The second-order valence-corrected chi connectivity index (χ2v) is 9.98. The number of ether oxygens (including phenoxy) is 2. The van der Waals surface area contributed by atoms with E-state index in [0.29, 0.717) is 86.0 Å². The first-order valence-corrected chi connectivity index (χ1v) is 13.5. The fraction of sp³-hybridized carbons (Fsp3) is 0.393. The normalized spacial score (nSPS) is 17.4. The number of rotatable bonds is 8. The summed E-state index contributed by atoms with van der Waals surface area (Å²) in [6.45, 7) is 4.00. The molecule has 2 aliphatic rings. The van der Waals surface area contributed by atoms with E-state index in [4.69, 9.17) is 19.4 Å². The first-order chi connectivity index (χ1) is 20.0. The van der Waals surface area contributed by atoms with Gasteiger partial charge in [-0.25, -0.2) is 18.7 Å². The van der Waals surface area contributed by atoms with E-state index in [-0.39, 0.29) is 17.6 Å². The number of para-hydroxylation sites is 2. The van der Waals surface area contributed by atoms with Crippen LogP contribution in [0.25, 0.3) is 16.9 Å². The average Bonchev–Trinajstić information content (AvgIpc) is 3.65. The number of carbonyl (C=O) groups excluding carboxylic acids is 1. The predicted octanol–water partition coefficient (Wildman–Crippen LogP) is 3.57. The van der Waals surface area contributed by atoms with Gasteiger partial charge in [-0.1, -0.05) is 12.1 Å². The minimum Gasteiger partial charge on any atom is -0.481 e. The Bertz CT molecular complexity index is 1520. The highest BCUT2D eigenvalue weighted by Crippen LogP contribution is 2.29. The van der Waals surface area contributed by atoms with Gasteiger partial charge in [-0.15, -0.1) is 0 Å². The number of anilines is 2. The van der Waals surface area contributed by atoms with Crippen LogP contribution in [0, 0.1) is 5.92 Å². The zero-order valence-electron chi connectivity index (χ0n) is 22.5. The molecule has 0 spiro atoms. The van der Waals surface area contributed by atoms with Crippen molar-refractivity contribution >= 4 is 28.7 Å². The average molecular weight is 565 g/mol. The number of pyridine rings is 1. The maximum Gasteiger partial charge on any atom is 0.296 e. The molecule has 4 aromatic rings. The van der Waals surface area contributed by atoms with Gasteiger partial charge in [0.05, 0.1) is 36.9 Å². The smallest absolute Gasteiger partial charge is 0.296 e. The molecule has 214 valence electrons. The number of likely N-dealkylation sites (tertiary alicyclic amines) is 1. The standard InChI is InChI=1S/C28H30F2N8O3/c1-40-24-7-6-19(16-32-24)27(39)37-9-8-18(17-37)15-31-22-14-23(35-28(34-22)36-10-12-41-13-11-36)38-21-5-3-2-4-20(21)33-26(38)25(29)30/h2-7,14,16,18,25H,8-13,15,17H2,1H3,(H,31,34,35)/t18-/m1/s1. The van der Waals surface area contributed by atoms with E-state index in [1.165, 1.54) is 17.9 Å². The number of nitrogens with one attached hydrogen (secondary N) is 1. The molecule has 0 bridgehead atoms. The van der Waals surface area contributed by atoms with E-state index >= 15 is 0 Å². The number of fused-ring (bicyclic) bond motifs is 1. The summed E-state index contributed by atoms with van der Waals surface area (Å²) >= 11 is 0. The van der Waals surface area contributed by atoms with E-state index in [1.807, 2.05) is 9.80 Å². The molecule has 0 aliphatic carbocycles. The first kappa shape index (κ1) is 26.8. The zero-order chi connectivity index (χ0) is 28.3. The summed E-state index contributed by atoms with van der Waals surface area (Å²) in [5.74, 6) is 1.44. The van der Waals surface area contributed by atoms with Crippen molar-refractivity contribution in [1.82, 2.24) is 29.4 Å². The number of hydrogen-bond acceptors (Lipinski definition) is 9. The molecule has 0 saturated carbocycles. The number of benzene rings is 1. The highest BCUT2D eigenvalue weighted by molar-refractivity contribution is 5.94. The summed E-state index contributed by atoms with van der Waals surface area (Å²) in [6, 6.07) is 12.1. The quantitative estimate of drug-likeness (QED) is 0.343. The molecule has 0 unspecified atom stereocenters. The lowest BCUT2D eigenvalue weighted by atomic mass is 10.1. The number of methoxy groups -OCH3 is 1. The van der Waals surface area contributed by atoms with Crippen LogP contribution in [0.15, 0.2) is 48.7 Å². The van der Waals surface area contributed by atoms with Gasteiger partial charge in [0.1, 0.15) is 11.6 Å². The Balaban J connectivity index is 1.24. The van der Waals surface area contributed by atoms with Crippen molar-refractivity contribution < 1.29 is 23.0 Å². The van der Waals surface area contributed by atoms with Gasteiger partial charge >= 0.3 is 0 Å². The highest BCUT2D eigenvalue weighted by atomic mass is 19.3. The number of imidazole rings is 1. The van der Waals surface area contributed by atoms with Crippen molar-refractivity contribution in [1.29, 1.82) is 0 Å². The largest absolute Gasteiger partial charge is 0.481 e. The summed E-state index contributed by atoms with van der Waals surface area (Å²) in [4.78, 5) is 34.5. The van der Waals surface area contributed by atoms with Gasteiger partial charge in [-0.3, -0.25) is 9.36 Å². The molecule has 41 heavy (non-hydrogen) atoms. The molecule has 13 heteroatoms. The van der Waals surface area contributed by atoms with E-state index in [0.717, 1.165) is 6.42 Å². The summed E-state index contributed by atoms with van der Waals surface area (Å²) < 4.78 is 40.2. The third-order valence-electron chi connectivity index (χ3n) is 7.34. The SMILES string of the molecule is COc1ccc(C(=O)N2CC[C@H](CNc3cc(-n4c(C(F)F)nc5ccccc54)nc(N4CCOCC4)n3)C2)cn1. The molecular formula is C28H30F2N8O3. The minimum atomic E-state index is -2.79. The van der Waals surface area contributed by atoms with Gasteiger partial charge in [-0.05, 0) is 30.5 Å². The molecule has 1 aromatic carbocycles. The maximum absolute atomic E-state index is 14.1. The molecule has 2 saturated heterocycles. The third-order valence-corrected chi connectivity index (χ3v) is 7.34. The molecule has 2 aliphatic heterocycles. The van der Waals surface area contributed by atoms with Crippen LogP contribution in [0.2, 0.25) is 0 Å². The van der Waals surface area contributed by atoms with Gasteiger partial charge in [-0.2, -0.15) is 9.97 Å². The van der Waals surface area contributed by atoms with E-state index in [1.54, 1.807) is 42.5 Å². The molecule has 1 atom stereocenters. The molecule has 3 aromatic heterocycles. The van der Waals surface area contributed by atoms with Crippen LogP contribution < -0.4 is 15.0 Å². The number of halogens is 2. The molecule has 6 rings (SSSR count). The Morgan fingerprint density at radius 2 is 1.95 bits per heavy atom. The van der Waals surface area contributed by atoms with Crippen molar-refractivity contribution in [2.24, 2.45) is 5.92 Å². The van der Waals surface area contributed by atoms with Crippen LogP contribution in [0.3, 0.4) is 0 Å².